The van der Waals surface area contributed by atoms with E-state index in [-0.39, 0.29) is 20.3 Å². The maximum atomic E-state index is 13.3. The molecule has 0 saturated carbocycles. The molecule has 0 N–H and O–H groups in total. The van der Waals surface area contributed by atoms with E-state index in [1.807, 2.05) is 0 Å². The van der Waals surface area contributed by atoms with Gasteiger partial charge in [0.25, 0.3) is 0 Å². The van der Waals surface area contributed by atoms with Gasteiger partial charge in [0.2, 0.25) is 0 Å². The molecule has 2 rings (SSSR count). The summed E-state index contributed by atoms with van der Waals surface area (Å²) in [6, 6.07) is 10.1. The monoisotopic (exact) mass is 380 g/mol. The zero-order valence-corrected chi connectivity index (χ0v) is 13.6. The van der Waals surface area contributed by atoms with E-state index in [1.165, 1.54) is 30.3 Å². The number of hydrogen-bond donors (Lipinski definition) is 0. The summed E-state index contributed by atoms with van der Waals surface area (Å²) in [6.45, 7) is 0. The minimum absolute atomic E-state index is 0.0280. The Balaban J connectivity index is 2.65. The van der Waals surface area contributed by atoms with Crippen molar-refractivity contribution in [2.45, 2.75) is 11.1 Å². The molecule has 0 heterocycles. The van der Waals surface area contributed by atoms with Gasteiger partial charge in [0.05, 0.1) is 10.5 Å². The van der Waals surface area contributed by atoms with Crippen LogP contribution in [-0.4, -0.2) is 14.6 Å². The van der Waals surface area contributed by atoms with Gasteiger partial charge in [-0.1, -0.05) is 41.4 Å². The Morgan fingerprint density at radius 1 is 0.957 bits per heavy atom. The highest BCUT2D eigenvalue weighted by Gasteiger charge is 2.36. The third-order valence-electron chi connectivity index (χ3n) is 2.82. The van der Waals surface area contributed by atoms with Crippen LogP contribution in [0, 0.1) is 0 Å². The first kappa shape index (κ1) is 17.8. The van der Waals surface area contributed by atoms with Gasteiger partial charge in [-0.25, -0.2) is 8.42 Å². The summed E-state index contributed by atoms with van der Waals surface area (Å²) in [5.74, 6) is 0. The van der Waals surface area contributed by atoms with Crippen molar-refractivity contribution in [1.29, 1.82) is 0 Å². The maximum Gasteiger partial charge on any atom is 0.417 e. The minimum atomic E-state index is -4.89. The molecule has 2 nitrogen and oxygen atoms in total. The van der Waals surface area contributed by atoms with Gasteiger partial charge in [-0.3, -0.25) is 0 Å². The highest BCUT2D eigenvalue weighted by atomic mass is 35.5. The van der Waals surface area contributed by atoms with Gasteiger partial charge < -0.3 is 0 Å². The number of rotatable bonds is 3. The first-order chi connectivity index (χ1) is 10.6. The van der Waals surface area contributed by atoms with Crippen LogP contribution < -0.4 is 0 Å². The van der Waals surface area contributed by atoms with E-state index >= 15 is 0 Å². The lowest BCUT2D eigenvalue weighted by Gasteiger charge is -2.13. The Labute approximate surface area is 141 Å². The van der Waals surface area contributed by atoms with Crippen LogP contribution in [0.25, 0.3) is 5.57 Å². The summed E-state index contributed by atoms with van der Waals surface area (Å²) in [5.41, 5.74) is -1.76. The molecule has 23 heavy (non-hydrogen) atoms. The van der Waals surface area contributed by atoms with Gasteiger partial charge in [-0.15, -0.1) is 0 Å². The maximum absolute atomic E-state index is 13.3. The van der Waals surface area contributed by atoms with Crippen molar-refractivity contribution in [3.63, 3.8) is 0 Å². The predicted molar refractivity (Wildman–Crippen MR) is 84.1 cm³/mol. The molecule has 0 bridgehead atoms. The van der Waals surface area contributed by atoms with Crippen LogP contribution in [0.1, 0.15) is 5.56 Å². The fourth-order valence-electron chi connectivity index (χ4n) is 1.84. The predicted octanol–water partition coefficient (Wildman–Crippen LogP) is 5.37. The van der Waals surface area contributed by atoms with Crippen molar-refractivity contribution in [1.82, 2.24) is 0 Å². The van der Waals surface area contributed by atoms with Gasteiger partial charge in [-0.05, 0) is 35.9 Å². The van der Waals surface area contributed by atoms with Crippen molar-refractivity contribution < 1.29 is 21.6 Å². The average Bonchev–Trinajstić information content (AvgIpc) is 2.43. The Kier molecular flexibility index (Phi) is 5.08. The largest absolute Gasteiger partial charge is 0.417 e. The van der Waals surface area contributed by atoms with Crippen LogP contribution in [0.4, 0.5) is 13.2 Å². The molecule has 0 atom stereocenters. The summed E-state index contributed by atoms with van der Waals surface area (Å²) in [5, 5.41) is 0.129. The number of benzene rings is 2. The van der Waals surface area contributed by atoms with Crippen molar-refractivity contribution in [3.05, 3.63) is 69.5 Å². The molecule has 0 fully saturated rings. The third kappa shape index (κ3) is 4.50. The molecule has 0 aliphatic heterocycles. The second-order valence-electron chi connectivity index (χ2n) is 4.55. The number of hydrogen-bond acceptors (Lipinski definition) is 2. The molecule has 0 spiro atoms. The molecule has 0 aliphatic rings. The second kappa shape index (κ2) is 6.55. The van der Waals surface area contributed by atoms with Gasteiger partial charge in [0.15, 0.2) is 9.84 Å². The van der Waals surface area contributed by atoms with Crippen LogP contribution in [0.5, 0.6) is 0 Å². The summed E-state index contributed by atoms with van der Waals surface area (Å²) in [6.07, 6.45) is -4.89. The number of halogens is 5. The van der Waals surface area contributed by atoms with E-state index in [0.717, 1.165) is 12.1 Å². The summed E-state index contributed by atoms with van der Waals surface area (Å²) in [4.78, 5) is -0.241. The van der Waals surface area contributed by atoms with E-state index in [9.17, 15) is 21.6 Å². The van der Waals surface area contributed by atoms with Crippen molar-refractivity contribution in [2.75, 3.05) is 0 Å². The Bertz CT molecular complexity index is 825. The molecule has 0 amide bonds. The summed E-state index contributed by atoms with van der Waals surface area (Å²) >= 11 is 11.4. The first-order valence-electron chi connectivity index (χ1n) is 6.15. The molecule has 8 heteroatoms. The average molecular weight is 381 g/mol. The lowest BCUT2D eigenvalue weighted by molar-refractivity contribution is -0.0688. The standard InChI is InChI=1S/C15H9Cl2F3O2S/c16-11-6-10(7-12(17)8-11)14(15(18,19)20)9-23(21,22)13-4-2-1-3-5-13/h1-9H/b14-9+. The van der Waals surface area contributed by atoms with Crippen LogP contribution in [0.2, 0.25) is 10.0 Å². The van der Waals surface area contributed by atoms with Gasteiger partial charge in [-0.2, -0.15) is 13.2 Å². The Hall–Kier alpha value is -1.50. The fraction of sp³-hybridized carbons (Fsp3) is 0.0667. The quantitative estimate of drug-likeness (QED) is 0.716. The molecular formula is C15H9Cl2F3O2S. The number of sulfone groups is 1. The van der Waals surface area contributed by atoms with Crippen LogP contribution in [0.15, 0.2) is 58.8 Å². The van der Waals surface area contributed by atoms with Crippen molar-refractivity contribution in [2.24, 2.45) is 0 Å². The smallest absolute Gasteiger partial charge is 0.219 e. The molecule has 0 radical (unpaired) electrons. The number of allylic oxidation sites excluding steroid dienone is 1. The molecule has 0 aromatic heterocycles. The van der Waals surface area contributed by atoms with Gasteiger partial charge >= 0.3 is 6.18 Å². The fourth-order valence-corrected chi connectivity index (χ4v) is 3.62. The third-order valence-corrected chi connectivity index (χ3v) is 4.74. The zero-order chi connectivity index (χ0) is 17.3. The van der Waals surface area contributed by atoms with Crippen LogP contribution in [-0.2, 0) is 9.84 Å². The van der Waals surface area contributed by atoms with Crippen LogP contribution in [0.3, 0.4) is 0 Å². The van der Waals surface area contributed by atoms with Crippen molar-refractivity contribution in [3.8, 4) is 0 Å². The second-order valence-corrected chi connectivity index (χ2v) is 7.22. The molecule has 0 aliphatic carbocycles. The Morgan fingerprint density at radius 2 is 1.48 bits per heavy atom. The number of alkyl halides is 3. The molecule has 122 valence electrons. The minimum Gasteiger partial charge on any atom is -0.219 e. The van der Waals surface area contributed by atoms with Crippen LogP contribution >= 0.6 is 23.2 Å². The lowest BCUT2D eigenvalue weighted by Crippen LogP contribution is -2.13. The van der Waals surface area contributed by atoms with E-state index in [2.05, 4.69) is 0 Å². The van der Waals surface area contributed by atoms with Crippen molar-refractivity contribution >= 4 is 38.6 Å². The summed E-state index contributed by atoms with van der Waals surface area (Å²) < 4.78 is 64.3. The molecular weight excluding hydrogens is 372 g/mol. The molecule has 0 saturated heterocycles. The van der Waals surface area contributed by atoms with E-state index in [1.54, 1.807) is 6.07 Å². The van der Waals surface area contributed by atoms with E-state index in [0.29, 0.717) is 0 Å². The topological polar surface area (TPSA) is 34.1 Å². The van der Waals surface area contributed by atoms with Gasteiger partial charge in [0.1, 0.15) is 0 Å². The normalized spacial score (nSPS) is 13.2. The highest BCUT2D eigenvalue weighted by molar-refractivity contribution is 7.94. The Morgan fingerprint density at radius 3 is 1.96 bits per heavy atom. The summed E-state index contributed by atoms with van der Waals surface area (Å²) in [7, 11) is -4.28. The van der Waals surface area contributed by atoms with E-state index < -0.39 is 27.2 Å². The lowest BCUT2D eigenvalue weighted by atomic mass is 10.1. The molecule has 2 aromatic carbocycles. The van der Waals surface area contributed by atoms with Gasteiger partial charge in [0, 0.05) is 15.5 Å². The molecule has 2 aromatic rings. The molecule has 0 unspecified atom stereocenters. The first-order valence-corrected chi connectivity index (χ1v) is 8.45. The SMILES string of the molecule is O=S(=O)(/C=C(\c1cc(Cl)cc(Cl)c1)C(F)(F)F)c1ccccc1. The van der Waals surface area contributed by atoms with E-state index in [4.69, 9.17) is 23.2 Å². The zero-order valence-electron chi connectivity index (χ0n) is 11.3. The highest BCUT2D eigenvalue weighted by Crippen LogP contribution is 2.37.